The van der Waals surface area contributed by atoms with Crippen molar-refractivity contribution >= 4 is 136 Å². The third kappa shape index (κ3) is 17.8. The standard InChI is InChI=1S/2C60H36O12/c2*61-55(62)37-13-1-31(2-14-37)43-25-49-50(26-44(43)32-3-15-38(16-4-32)56(63)64)52-28-46(34-7-19-40(20-8-34)58(67)68)48(36-11-23-42(24-12-36)60(71)72)30-54(52)53-29-47(35-9-21-41(22-10-35)59(69)70)45(27-51(49)53)33-5-17-39(18-6-33)57(65)66/h2*1-30H,(H,61,62)(H,63,64)(H,65,66)(H,67,68)(H,69,70)(H,71,72). The minimum absolute atomic E-state index is 0.0724. The van der Waals surface area contributed by atoms with E-state index in [-0.39, 0.29) is 66.8 Å². The molecule has 0 unspecified atom stereocenters. The molecule has 20 aromatic carbocycles. The van der Waals surface area contributed by atoms with Crippen LogP contribution in [0.25, 0.3) is 198 Å². The maximum absolute atomic E-state index is 12.0. The highest BCUT2D eigenvalue weighted by Crippen LogP contribution is 2.52. The normalized spacial score (nSPS) is 11.2. The minimum Gasteiger partial charge on any atom is -0.478 e. The summed E-state index contributed by atoms with van der Waals surface area (Å²) in [5.41, 5.74) is 17.0. The van der Waals surface area contributed by atoms with E-state index >= 15 is 0 Å². The van der Waals surface area contributed by atoms with Gasteiger partial charge in [0.05, 0.1) is 66.8 Å². The Morgan fingerprint density at radius 1 is 0.0972 bits per heavy atom. The van der Waals surface area contributed by atoms with E-state index in [4.69, 9.17) is 0 Å². The van der Waals surface area contributed by atoms with Gasteiger partial charge in [-0.3, -0.25) is 0 Å². The SMILES string of the molecule is O=C(O)c1ccc(-c2cc3c4cc(-c5ccc(C(=O)O)cc5)c(-c5ccc(C(=O)O)cc5)cc4c4cc(-c5ccc(C(=O)O)cc5)c(-c5ccc(C(=O)O)cc5)cc4c3cc2-c2ccc(C(=O)O)cc2)cc1.O=C(O)c1ccc(-c2cc3c4cc(-c5ccc(C(=O)O)cc5)c(-c5ccc(C(=O)O)cc5)cc4c4cc(-c5ccc(C(=O)O)cc5)c(-c5ccc(C(=O)O)cc5)cc4c3cc2-c2ccc(C(=O)O)cc2)cc1. The molecule has 144 heavy (non-hydrogen) atoms. The zero-order valence-corrected chi connectivity index (χ0v) is 74.9. The maximum Gasteiger partial charge on any atom is 0.335 e. The molecule has 20 aromatic rings. The third-order valence-electron chi connectivity index (χ3n) is 26.0. The first kappa shape index (κ1) is 92.7. The number of hydrogen-bond donors (Lipinski definition) is 12. The van der Waals surface area contributed by atoms with E-state index < -0.39 is 71.6 Å². The molecule has 24 nitrogen and oxygen atoms in total. The van der Waals surface area contributed by atoms with Gasteiger partial charge in [0.25, 0.3) is 0 Å². The van der Waals surface area contributed by atoms with E-state index in [2.05, 4.69) is 0 Å². The largest absolute Gasteiger partial charge is 0.478 e. The van der Waals surface area contributed by atoms with Gasteiger partial charge in [0, 0.05) is 0 Å². The van der Waals surface area contributed by atoms with Crippen LogP contribution in [0.1, 0.15) is 124 Å². The van der Waals surface area contributed by atoms with Crippen LogP contribution in [0.5, 0.6) is 0 Å². The molecule has 0 amide bonds. The maximum atomic E-state index is 12.0. The zero-order valence-electron chi connectivity index (χ0n) is 74.9. The van der Waals surface area contributed by atoms with Crippen molar-refractivity contribution in [1.29, 1.82) is 0 Å². The second-order valence-corrected chi connectivity index (χ2v) is 34.3. The second-order valence-electron chi connectivity index (χ2n) is 34.3. The summed E-state index contributed by atoms with van der Waals surface area (Å²) >= 11 is 0. The Balaban J connectivity index is 0.000000182. The highest BCUT2D eigenvalue weighted by atomic mass is 16.4. The molecular formula is C120H72O24. The summed E-state index contributed by atoms with van der Waals surface area (Å²) in [6, 6.07) is 101. The predicted octanol–water partition coefficient (Wildman–Crippen LogP) is 26.7. The lowest BCUT2D eigenvalue weighted by atomic mass is 9.82. The molecule has 24 heteroatoms. The van der Waals surface area contributed by atoms with Crippen molar-refractivity contribution in [3.8, 4) is 134 Å². The van der Waals surface area contributed by atoms with Gasteiger partial charge in [0.15, 0.2) is 0 Å². The molecule has 0 fully saturated rings. The lowest BCUT2D eigenvalue weighted by Crippen LogP contribution is -1.98. The summed E-state index contributed by atoms with van der Waals surface area (Å²) < 4.78 is 0. The number of benzene rings is 20. The molecule has 0 bridgehead atoms. The molecule has 696 valence electrons. The average Bonchev–Trinajstić information content (AvgIpc) is 0.714. The number of carboxylic acid groups (broad SMARTS) is 12. The second kappa shape index (κ2) is 37.6. The number of fused-ring (bicyclic) bond motifs is 12. The summed E-state index contributed by atoms with van der Waals surface area (Å²) in [7, 11) is 0. The lowest BCUT2D eigenvalue weighted by Gasteiger charge is -2.21. The van der Waals surface area contributed by atoms with Gasteiger partial charge in [0.1, 0.15) is 0 Å². The van der Waals surface area contributed by atoms with E-state index in [1.807, 2.05) is 72.8 Å². The molecule has 0 aliphatic heterocycles. The van der Waals surface area contributed by atoms with Gasteiger partial charge >= 0.3 is 71.6 Å². The fourth-order valence-corrected chi connectivity index (χ4v) is 18.6. The third-order valence-corrected chi connectivity index (χ3v) is 26.0. The van der Waals surface area contributed by atoms with E-state index in [0.717, 1.165) is 64.6 Å². The predicted molar refractivity (Wildman–Crippen MR) is 547 cm³/mol. The van der Waals surface area contributed by atoms with Gasteiger partial charge in [-0.15, -0.1) is 0 Å². The van der Waals surface area contributed by atoms with Gasteiger partial charge in [-0.2, -0.15) is 0 Å². The Morgan fingerprint density at radius 2 is 0.153 bits per heavy atom. The van der Waals surface area contributed by atoms with Crippen LogP contribution in [0.3, 0.4) is 0 Å². The Kier molecular flexibility index (Phi) is 24.2. The molecule has 0 saturated heterocycles. The van der Waals surface area contributed by atoms with Crippen molar-refractivity contribution in [1.82, 2.24) is 0 Å². The van der Waals surface area contributed by atoms with Gasteiger partial charge in [-0.05, 0) is 417 Å². The van der Waals surface area contributed by atoms with Gasteiger partial charge < -0.3 is 61.3 Å². The van der Waals surface area contributed by atoms with Crippen LogP contribution in [0.2, 0.25) is 0 Å². The molecule has 0 aromatic heterocycles. The van der Waals surface area contributed by atoms with Crippen molar-refractivity contribution in [2.45, 2.75) is 0 Å². The van der Waals surface area contributed by atoms with Gasteiger partial charge in [-0.1, -0.05) is 146 Å². The molecule has 0 heterocycles. The van der Waals surface area contributed by atoms with E-state index in [9.17, 15) is 119 Å². The first-order chi connectivity index (χ1) is 69.3. The monoisotopic (exact) mass is 1900 g/mol. The van der Waals surface area contributed by atoms with Gasteiger partial charge in [0.2, 0.25) is 0 Å². The first-order valence-electron chi connectivity index (χ1n) is 44.4. The van der Waals surface area contributed by atoms with Crippen molar-refractivity contribution in [3.63, 3.8) is 0 Å². The fourth-order valence-electron chi connectivity index (χ4n) is 18.6. The molecule has 12 N–H and O–H groups in total. The van der Waals surface area contributed by atoms with Crippen LogP contribution in [0, 0.1) is 0 Å². The molecule has 0 aliphatic carbocycles. The summed E-state index contributed by atoms with van der Waals surface area (Å²) in [6.45, 7) is 0. The van der Waals surface area contributed by atoms with Crippen LogP contribution < -0.4 is 0 Å². The lowest BCUT2D eigenvalue weighted by molar-refractivity contribution is 0.0686. The molecule has 0 aliphatic rings. The smallest absolute Gasteiger partial charge is 0.335 e. The van der Waals surface area contributed by atoms with Crippen molar-refractivity contribution in [2.75, 3.05) is 0 Å². The zero-order chi connectivity index (χ0) is 101. The summed E-state index contributed by atoms with van der Waals surface area (Å²) in [5, 5.41) is 127. The van der Waals surface area contributed by atoms with E-state index in [1.165, 1.54) is 146 Å². The highest BCUT2D eigenvalue weighted by Gasteiger charge is 2.28. The van der Waals surface area contributed by atoms with Crippen LogP contribution >= 0.6 is 0 Å². The van der Waals surface area contributed by atoms with Gasteiger partial charge in [-0.25, -0.2) is 57.5 Å². The average molecular weight is 1900 g/mol. The highest BCUT2D eigenvalue weighted by molar-refractivity contribution is 6.32. The minimum atomic E-state index is -1.11. The molecule has 0 radical (unpaired) electrons. The van der Waals surface area contributed by atoms with Crippen molar-refractivity contribution < 1.29 is 119 Å². The number of rotatable bonds is 24. The first-order valence-corrected chi connectivity index (χ1v) is 44.4. The molecular weight excluding hydrogens is 1830 g/mol. The van der Waals surface area contributed by atoms with Crippen LogP contribution in [-0.2, 0) is 0 Å². The molecule has 0 atom stereocenters. The summed E-state index contributed by atoms with van der Waals surface area (Å²) in [4.78, 5) is 144. The van der Waals surface area contributed by atoms with Crippen molar-refractivity contribution in [2.24, 2.45) is 0 Å². The quantitative estimate of drug-likeness (QED) is 0.0250. The topological polar surface area (TPSA) is 448 Å². The van der Waals surface area contributed by atoms with Crippen LogP contribution in [0.4, 0.5) is 0 Å². The Morgan fingerprint density at radius 3 is 0.201 bits per heavy atom. The summed E-state index contributed by atoms with van der Waals surface area (Å²) in [6.07, 6.45) is 0. The molecule has 0 saturated carbocycles. The Labute approximate surface area is 814 Å². The number of carbonyl (C=O) groups is 12. The van der Waals surface area contributed by atoms with Crippen LogP contribution in [-0.4, -0.2) is 133 Å². The Hall–Kier alpha value is -20.4. The molecule has 0 spiro atoms. The van der Waals surface area contributed by atoms with E-state index in [0.29, 0.717) is 134 Å². The van der Waals surface area contributed by atoms with E-state index in [1.54, 1.807) is 146 Å². The fraction of sp³-hybridized carbons (Fsp3) is 0. The number of aromatic carboxylic acids is 12. The molecule has 20 rings (SSSR count). The summed E-state index contributed by atoms with van der Waals surface area (Å²) in [5.74, 6) is -13.3. The Bertz CT molecular complexity index is 6950. The van der Waals surface area contributed by atoms with Crippen molar-refractivity contribution in [3.05, 3.63) is 431 Å². The van der Waals surface area contributed by atoms with Crippen LogP contribution in [0.15, 0.2) is 364 Å². The number of hydrogen-bond acceptors (Lipinski definition) is 12. The number of carboxylic acids is 12.